The van der Waals surface area contributed by atoms with E-state index in [0.717, 1.165) is 25.0 Å². The summed E-state index contributed by atoms with van der Waals surface area (Å²) in [6.45, 7) is 1.30. The summed E-state index contributed by atoms with van der Waals surface area (Å²) < 4.78 is 18.4. The minimum absolute atomic E-state index is 0.243. The zero-order valence-electron chi connectivity index (χ0n) is 17.5. The maximum absolute atomic E-state index is 12.8. The van der Waals surface area contributed by atoms with Crippen LogP contribution in [0.15, 0.2) is 60.9 Å². The highest BCUT2D eigenvalue weighted by Gasteiger charge is 1.99. The third-order valence-electron chi connectivity index (χ3n) is 3.82. The SMILES string of the molecule is CNCCCCc1ccc(Oc2ccc(F)cc2)cc1.NC=O.O=CCn1nccn1. The lowest BCUT2D eigenvalue weighted by molar-refractivity contribution is -0.108. The summed E-state index contributed by atoms with van der Waals surface area (Å²) in [5.41, 5.74) is 5.48. The number of ether oxygens (including phenoxy) is 1. The summed E-state index contributed by atoms with van der Waals surface area (Å²) in [6.07, 6.45) is 7.51. The summed E-state index contributed by atoms with van der Waals surface area (Å²) in [5, 5.41) is 10.5. The molecule has 3 aromatic rings. The zero-order chi connectivity index (χ0) is 22.7. The summed E-state index contributed by atoms with van der Waals surface area (Å²) in [5.74, 6) is 1.16. The summed E-state index contributed by atoms with van der Waals surface area (Å²) in [6, 6.07) is 14.1. The number of nitrogens with zero attached hydrogens (tertiary/aromatic N) is 3. The number of amides is 1. The number of unbranched alkanes of at least 4 members (excludes halogenated alkanes) is 1. The first-order valence-electron chi connectivity index (χ1n) is 9.73. The van der Waals surface area contributed by atoms with E-state index in [9.17, 15) is 9.18 Å². The number of hydrogen-bond donors (Lipinski definition) is 2. The fourth-order valence-corrected chi connectivity index (χ4v) is 2.40. The van der Waals surface area contributed by atoms with Gasteiger partial charge in [0.25, 0.3) is 0 Å². The Morgan fingerprint density at radius 3 is 2.06 bits per heavy atom. The van der Waals surface area contributed by atoms with Crippen LogP contribution in [0.2, 0.25) is 0 Å². The van der Waals surface area contributed by atoms with Gasteiger partial charge in [-0.2, -0.15) is 15.0 Å². The first-order valence-corrected chi connectivity index (χ1v) is 9.73. The number of nitrogens with one attached hydrogen (secondary N) is 1. The molecule has 1 heterocycles. The average molecular weight is 429 g/mol. The van der Waals surface area contributed by atoms with E-state index in [2.05, 4.69) is 33.4 Å². The lowest BCUT2D eigenvalue weighted by atomic mass is 10.1. The van der Waals surface area contributed by atoms with Crippen molar-refractivity contribution in [2.24, 2.45) is 5.73 Å². The number of carbonyl (C=O) groups is 2. The fraction of sp³-hybridized carbons (Fsp3) is 0.273. The van der Waals surface area contributed by atoms with Crippen LogP contribution in [-0.4, -0.2) is 41.3 Å². The van der Waals surface area contributed by atoms with Crippen molar-refractivity contribution in [2.45, 2.75) is 25.8 Å². The molecule has 0 saturated heterocycles. The molecule has 2 aromatic carbocycles. The number of nitrogens with two attached hydrogens (primary N) is 1. The Bertz CT molecular complexity index is 841. The van der Waals surface area contributed by atoms with Gasteiger partial charge in [-0.1, -0.05) is 12.1 Å². The van der Waals surface area contributed by atoms with Gasteiger partial charge < -0.3 is 20.6 Å². The Kier molecular flexibility index (Phi) is 13.3. The average Bonchev–Trinajstić information content (AvgIpc) is 3.29. The lowest BCUT2D eigenvalue weighted by Gasteiger charge is -2.07. The van der Waals surface area contributed by atoms with Crippen molar-refractivity contribution < 1.29 is 18.7 Å². The van der Waals surface area contributed by atoms with E-state index in [1.54, 1.807) is 12.1 Å². The van der Waals surface area contributed by atoms with Crippen molar-refractivity contribution in [3.63, 3.8) is 0 Å². The number of rotatable bonds is 9. The van der Waals surface area contributed by atoms with Crippen LogP contribution >= 0.6 is 0 Å². The molecule has 31 heavy (non-hydrogen) atoms. The van der Waals surface area contributed by atoms with Gasteiger partial charge in [-0.05, 0) is 74.8 Å². The van der Waals surface area contributed by atoms with Crippen LogP contribution in [0.4, 0.5) is 4.39 Å². The molecule has 3 N–H and O–H groups in total. The van der Waals surface area contributed by atoms with Crippen LogP contribution in [-0.2, 0) is 22.6 Å². The molecule has 9 heteroatoms. The highest BCUT2D eigenvalue weighted by molar-refractivity contribution is 5.48. The Labute approximate surface area is 181 Å². The molecule has 0 spiro atoms. The van der Waals surface area contributed by atoms with Gasteiger partial charge in [0, 0.05) is 0 Å². The maximum atomic E-state index is 12.8. The lowest BCUT2D eigenvalue weighted by Crippen LogP contribution is -2.07. The number of aryl methyl sites for hydroxylation is 1. The monoisotopic (exact) mass is 429 g/mol. The Morgan fingerprint density at radius 1 is 1.00 bits per heavy atom. The molecule has 0 aliphatic rings. The maximum Gasteiger partial charge on any atom is 0.204 e. The first kappa shape index (κ1) is 25.4. The quantitative estimate of drug-likeness (QED) is 0.400. The summed E-state index contributed by atoms with van der Waals surface area (Å²) >= 11 is 0. The van der Waals surface area contributed by atoms with E-state index in [-0.39, 0.29) is 18.8 Å². The molecule has 0 fully saturated rings. The van der Waals surface area contributed by atoms with Gasteiger partial charge >= 0.3 is 0 Å². The molecule has 1 aromatic heterocycles. The van der Waals surface area contributed by atoms with Crippen LogP contribution < -0.4 is 15.8 Å². The Balaban J connectivity index is 0.000000361. The van der Waals surface area contributed by atoms with Gasteiger partial charge in [0.2, 0.25) is 6.41 Å². The second-order valence-corrected chi connectivity index (χ2v) is 6.15. The van der Waals surface area contributed by atoms with Gasteiger partial charge in [0.1, 0.15) is 30.1 Å². The second-order valence-electron chi connectivity index (χ2n) is 6.15. The van der Waals surface area contributed by atoms with Crippen molar-refractivity contribution in [3.05, 3.63) is 72.3 Å². The number of hydrogen-bond acceptors (Lipinski definition) is 6. The smallest absolute Gasteiger partial charge is 0.204 e. The van der Waals surface area contributed by atoms with Crippen molar-refractivity contribution in [3.8, 4) is 11.5 Å². The standard InChI is InChI=1S/C17H20FNO.C4H5N3O.CH3NO/c1-19-13-3-2-4-14-5-9-16(10-6-14)20-17-11-7-15(18)8-12-17;8-4-3-7-5-1-2-6-7;2-1-3/h5-12,19H,2-4,13H2,1H3;1-2,4H,3H2;1H,(H2,2,3). The molecule has 0 aliphatic heterocycles. The number of aromatic nitrogens is 3. The molecule has 0 atom stereocenters. The minimum atomic E-state index is -0.255. The fourth-order valence-electron chi connectivity index (χ4n) is 2.40. The van der Waals surface area contributed by atoms with E-state index in [0.29, 0.717) is 5.75 Å². The molecule has 3 rings (SSSR count). The minimum Gasteiger partial charge on any atom is -0.457 e. The van der Waals surface area contributed by atoms with Crippen LogP contribution in [0.25, 0.3) is 0 Å². The topological polar surface area (TPSA) is 112 Å². The third-order valence-corrected chi connectivity index (χ3v) is 3.82. The van der Waals surface area contributed by atoms with Crippen molar-refractivity contribution in [1.82, 2.24) is 20.3 Å². The molecule has 1 amide bonds. The first-order chi connectivity index (χ1) is 15.1. The van der Waals surface area contributed by atoms with Crippen LogP contribution in [0, 0.1) is 5.82 Å². The van der Waals surface area contributed by atoms with Crippen molar-refractivity contribution in [1.29, 1.82) is 0 Å². The Morgan fingerprint density at radius 2 is 1.55 bits per heavy atom. The third kappa shape index (κ3) is 11.9. The van der Waals surface area contributed by atoms with Gasteiger partial charge in [-0.3, -0.25) is 4.79 Å². The van der Waals surface area contributed by atoms with E-state index in [1.165, 1.54) is 47.7 Å². The number of benzene rings is 2. The highest BCUT2D eigenvalue weighted by atomic mass is 19.1. The molecule has 0 saturated carbocycles. The number of carbonyl (C=O) groups excluding carboxylic acids is 2. The Hall–Kier alpha value is -3.59. The zero-order valence-corrected chi connectivity index (χ0v) is 17.5. The molecule has 166 valence electrons. The van der Waals surface area contributed by atoms with Gasteiger partial charge in [0.15, 0.2) is 0 Å². The largest absolute Gasteiger partial charge is 0.457 e. The molecule has 0 bridgehead atoms. The molecule has 8 nitrogen and oxygen atoms in total. The predicted octanol–water partition coefficient (Wildman–Crippen LogP) is 2.74. The van der Waals surface area contributed by atoms with E-state index in [1.807, 2.05) is 19.2 Å². The van der Waals surface area contributed by atoms with Crippen LogP contribution in [0.5, 0.6) is 11.5 Å². The molecular weight excluding hydrogens is 401 g/mol. The molecule has 0 radical (unpaired) electrons. The molecule has 0 unspecified atom stereocenters. The van der Waals surface area contributed by atoms with Crippen molar-refractivity contribution in [2.75, 3.05) is 13.6 Å². The summed E-state index contributed by atoms with van der Waals surface area (Å²) in [4.78, 5) is 19.7. The van der Waals surface area contributed by atoms with Gasteiger partial charge in [-0.25, -0.2) is 4.39 Å². The number of primary amides is 1. The molecule has 0 aliphatic carbocycles. The van der Waals surface area contributed by atoms with E-state index in [4.69, 9.17) is 9.53 Å². The van der Waals surface area contributed by atoms with Crippen LogP contribution in [0.3, 0.4) is 0 Å². The van der Waals surface area contributed by atoms with Gasteiger partial charge in [0.05, 0.1) is 12.4 Å². The normalized spacial score (nSPS) is 9.48. The van der Waals surface area contributed by atoms with E-state index < -0.39 is 0 Å². The number of aldehydes is 1. The van der Waals surface area contributed by atoms with Gasteiger partial charge in [-0.15, -0.1) is 0 Å². The molecular formula is C22H28FN5O3. The van der Waals surface area contributed by atoms with E-state index >= 15 is 0 Å². The van der Waals surface area contributed by atoms with Crippen LogP contribution in [0.1, 0.15) is 18.4 Å². The predicted molar refractivity (Wildman–Crippen MR) is 116 cm³/mol. The summed E-state index contributed by atoms with van der Waals surface area (Å²) in [7, 11) is 1.97. The second kappa shape index (κ2) is 16.2. The number of halogens is 1. The highest BCUT2D eigenvalue weighted by Crippen LogP contribution is 2.22. The van der Waals surface area contributed by atoms with Crippen molar-refractivity contribution >= 4 is 12.7 Å².